The van der Waals surface area contributed by atoms with Gasteiger partial charge in [0, 0.05) is 23.7 Å². The van der Waals surface area contributed by atoms with Gasteiger partial charge in [-0.1, -0.05) is 6.07 Å². The van der Waals surface area contributed by atoms with Gasteiger partial charge in [0.25, 0.3) is 5.91 Å². The summed E-state index contributed by atoms with van der Waals surface area (Å²) >= 11 is 0. The van der Waals surface area contributed by atoms with E-state index in [-0.39, 0.29) is 24.4 Å². The Kier molecular flexibility index (Phi) is 4.79. The molecular formula is C17H20N4O3. The first-order valence-electron chi connectivity index (χ1n) is 7.88. The van der Waals surface area contributed by atoms with Crippen molar-refractivity contribution < 1.29 is 14.3 Å². The Hall–Kier alpha value is -2.83. The Morgan fingerprint density at radius 1 is 1.42 bits per heavy atom. The van der Waals surface area contributed by atoms with Crippen molar-refractivity contribution in [2.75, 3.05) is 13.7 Å². The molecule has 0 bridgehead atoms. The summed E-state index contributed by atoms with van der Waals surface area (Å²) < 4.78 is 5.09. The van der Waals surface area contributed by atoms with Crippen LogP contribution in [0.2, 0.25) is 0 Å². The van der Waals surface area contributed by atoms with Crippen LogP contribution in [0.15, 0.2) is 30.5 Å². The van der Waals surface area contributed by atoms with Crippen LogP contribution in [0.3, 0.4) is 0 Å². The molecule has 1 atom stereocenters. The van der Waals surface area contributed by atoms with E-state index in [0.717, 1.165) is 25.0 Å². The van der Waals surface area contributed by atoms with Gasteiger partial charge in [-0.2, -0.15) is 5.10 Å². The molecular weight excluding hydrogens is 308 g/mol. The maximum absolute atomic E-state index is 12.1. The molecule has 0 radical (unpaired) electrons. The fraction of sp³-hybridized carbons (Fsp3) is 0.353. The lowest BCUT2D eigenvalue weighted by molar-refractivity contribution is -0.120. The molecule has 3 N–H and O–H groups in total. The summed E-state index contributed by atoms with van der Waals surface area (Å²) in [6.45, 7) is -0.0532. The lowest BCUT2D eigenvalue weighted by atomic mass is 9.94. The molecule has 1 aliphatic rings. The lowest BCUT2D eigenvalue weighted by Gasteiger charge is -2.22. The second-order valence-electron chi connectivity index (χ2n) is 5.80. The van der Waals surface area contributed by atoms with Crippen LogP contribution in [-0.2, 0) is 17.6 Å². The van der Waals surface area contributed by atoms with Gasteiger partial charge in [0.1, 0.15) is 5.75 Å². The van der Waals surface area contributed by atoms with Crippen molar-refractivity contribution in [2.24, 2.45) is 0 Å². The second-order valence-corrected chi connectivity index (χ2v) is 5.80. The van der Waals surface area contributed by atoms with E-state index in [4.69, 9.17) is 4.74 Å². The number of hydrogen-bond acceptors (Lipinski definition) is 4. The highest BCUT2D eigenvalue weighted by molar-refractivity contribution is 5.96. The van der Waals surface area contributed by atoms with Crippen molar-refractivity contribution in [1.29, 1.82) is 0 Å². The third-order valence-corrected chi connectivity index (χ3v) is 4.13. The molecule has 1 aromatic heterocycles. The fourth-order valence-corrected chi connectivity index (χ4v) is 2.84. The van der Waals surface area contributed by atoms with Crippen molar-refractivity contribution >= 4 is 11.8 Å². The summed E-state index contributed by atoms with van der Waals surface area (Å²) in [6.07, 6.45) is 4.35. The maximum atomic E-state index is 12.1. The van der Waals surface area contributed by atoms with Crippen molar-refractivity contribution in [3.8, 4) is 5.75 Å². The summed E-state index contributed by atoms with van der Waals surface area (Å²) in [5, 5.41) is 12.6. The Labute approximate surface area is 139 Å². The van der Waals surface area contributed by atoms with E-state index < -0.39 is 0 Å². The smallest absolute Gasteiger partial charge is 0.251 e. The van der Waals surface area contributed by atoms with E-state index in [1.165, 1.54) is 5.56 Å². The standard InChI is InChI=1S/C17H20N4O3/c1-24-14-4-2-3-11(7-14)17(23)18-10-16(22)20-13-6-5-12-9-19-21-15(12)8-13/h2-4,7,9,13H,5-6,8,10H2,1H3,(H,18,23)(H,19,21)(H,20,22). The number of methoxy groups -OCH3 is 1. The first-order valence-corrected chi connectivity index (χ1v) is 7.88. The number of hydrogen-bond donors (Lipinski definition) is 3. The highest BCUT2D eigenvalue weighted by atomic mass is 16.5. The minimum atomic E-state index is -0.302. The van der Waals surface area contributed by atoms with E-state index in [9.17, 15) is 9.59 Å². The number of amides is 2. The van der Waals surface area contributed by atoms with Gasteiger partial charge < -0.3 is 15.4 Å². The summed E-state index contributed by atoms with van der Waals surface area (Å²) in [6, 6.07) is 6.87. The number of aryl methyl sites for hydroxylation is 1. The number of fused-ring (bicyclic) bond motifs is 1. The summed E-state index contributed by atoms with van der Waals surface area (Å²) in [5.41, 5.74) is 2.75. The van der Waals surface area contributed by atoms with Crippen LogP contribution < -0.4 is 15.4 Å². The summed E-state index contributed by atoms with van der Waals surface area (Å²) in [4.78, 5) is 24.1. The first-order chi connectivity index (χ1) is 11.7. The van der Waals surface area contributed by atoms with Crippen LogP contribution in [0.4, 0.5) is 0 Å². The number of carbonyl (C=O) groups is 2. The molecule has 2 aromatic rings. The topological polar surface area (TPSA) is 96.1 Å². The van der Waals surface area contributed by atoms with E-state index in [1.54, 1.807) is 31.4 Å². The van der Waals surface area contributed by atoms with Gasteiger partial charge in [0.05, 0.1) is 19.9 Å². The summed E-state index contributed by atoms with van der Waals surface area (Å²) in [7, 11) is 1.54. The largest absolute Gasteiger partial charge is 0.497 e. The molecule has 1 unspecified atom stereocenters. The first kappa shape index (κ1) is 16.0. The number of aromatic amines is 1. The van der Waals surface area contributed by atoms with Crippen LogP contribution in [0, 0.1) is 0 Å². The van der Waals surface area contributed by atoms with Crippen LogP contribution >= 0.6 is 0 Å². The molecule has 3 rings (SSSR count). The number of benzene rings is 1. The monoisotopic (exact) mass is 328 g/mol. The van der Waals surface area contributed by atoms with Crippen LogP contribution in [-0.4, -0.2) is 41.7 Å². The molecule has 126 valence electrons. The van der Waals surface area contributed by atoms with Gasteiger partial charge >= 0.3 is 0 Å². The molecule has 2 amide bonds. The Morgan fingerprint density at radius 3 is 3.12 bits per heavy atom. The Balaban J connectivity index is 1.48. The molecule has 0 saturated heterocycles. The Bertz CT molecular complexity index is 741. The molecule has 0 saturated carbocycles. The zero-order valence-corrected chi connectivity index (χ0v) is 13.5. The minimum Gasteiger partial charge on any atom is -0.497 e. The third-order valence-electron chi connectivity index (χ3n) is 4.13. The Morgan fingerprint density at radius 2 is 2.29 bits per heavy atom. The van der Waals surface area contributed by atoms with Crippen molar-refractivity contribution in [2.45, 2.75) is 25.3 Å². The summed E-state index contributed by atoms with van der Waals surface area (Å²) in [5.74, 6) is 0.104. The van der Waals surface area contributed by atoms with Gasteiger partial charge in [-0.15, -0.1) is 0 Å². The number of ether oxygens (including phenoxy) is 1. The van der Waals surface area contributed by atoms with E-state index in [1.807, 2.05) is 6.20 Å². The van der Waals surface area contributed by atoms with Crippen LogP contribution in [0.25, 0.3) is 0 Å². The molecule has 1 aromatic carbocycles. The quantitative estimate of drug-likeness (QED) is 0.757. The number of nitrogens with one attached hydrogen (secondary N) is 3. The average molecular weight is 328 g/mol. The lowest BCUT2D eigenvalue weighted by Crippen LogP contribution is -2.44. The number of H-pyrrole nitrogens is 1. The normalized spacial score (nSPS) is 16.1. The van der Waals surface area contributed by atoms with Gasteiger partial charge in [0.15, 0.2) is 0 Å². The predicted octanol–water partition coefficient (Wildman–Crippen LogP) is 0.822. The fourth-order valence-electron chi connectivity index (χ4n) is 2.84. The van der Waals surface area contributed by atoms with Crippen LogP contribution in [0.5, 0.6) is 5.75 Å². The van der Waals surface area contributed by atoms with E-state index >= 15 is 0 Å². The number of rotatable bonds is 5. The zero-order chi connectivity index (χ0) is 16.9. The third kappa shape index (κ3) is 3.73. The second kappa shape index (κ2) is 7.16. The number of carbonyl (C=O) groups excluding carboxylic acids is 2. The molecule has 0 fully saturated rings. The zero-order valence-electron chi connectivity index (χ0n) is 13.5. The molecule has 7 nitrogen and oxygen atoms in total. The molecule has 1 aliphatic carbocycles. The number of nitrogens with zero attached hydrogens (tertiary/aromatic N) is 1. The molecule has 0 spiro atoms. The molecule has 24 heavy (non-hydrogen) atoms. The predicted molar refractivity (Wildman–Crippen MR) is 87.9 cm³/mol. The maximum Gasteiger partial charge on any atom is 0.251 e. The average Bonchev–Trinajstić information content (AvgIpc) is 3.07. The van der Waals surface area contributed by atoms with E-state index in [2.05, 4.69) is 20.8 Å². The van der Waals surface area contributed by atoms with Crippen molar-refractivity contribution in [3.05, 3.63) is 47.3 Å². The highest BCUT2D eigenvalue weighted by Gasteiger charge is 2.21. The van der Waals surface area contributed by atoms with Gasteiger partial charge in [-0.3, -0.25) is 14.7 Å². The minimum absolute atomic E-state index is 0.0532. The van der Waals surface area contributed by atoms with Crippen molar-refractivity contribution in [1.82, 2.24) is 20.8 Å². The van der Waals surface area contributed by atoms with Gasteiger partial charge in [-0.05, 0) is 36.6 Å². The number of aromatic nitrogens is 2. The highest BCUT2D eigenvalue weighted by Crippen LogP contribution is 2.18. The van der Waals surface area contributed by atoms with E-state index in [0.29, 0.717) is 11.3 Å². The molecule has 1 heterocycles. The molecule has 7 heteroatoms. The molecule has 0 aliphatic heterocycles. The van der Waals surface area contributed by atoms with Crippen LogP contribution in [0.1, 0.15) is 28.0 Å². The van der Waals surface area contributed by atoms with Crippen molar-refractivity contribution in [3.63, 3.8) is 0 Å². The van der Waals surface area contributed by atoms with Gasteiger partial charge in [0.2, 0.25) is 5.91 Å². The SMILES string of the molecule is COc1cccc(C(=O)NCC(=O)NC2CCc3cn[nH]c3C2)c1. The van der Waals surface area contributed by atoms with Gasteiger partial charge in [-0.25, -0.2) is 0 Å².